The first-order valence-corrected chi connectivity index (χ1v) is 12.0. The zero-order valence-corrected chi connectivity index (χ0v) is 20.3. The normalized spacial score (nSPS) is 12.0. The van der Waals surface area contributed by atoms with Crippen LogP contribution in [0.3, 0.4) is 0 Å². The number of benzene rings is 3. The Morgan fingerprint density at radius 1 is 1.09 bits per heavy atom. The molecule has 178 valence electrons. The lowest BCUT2D eigenvalue weighted by atomic mass is 10.2. The van der Waals surface area contributed by atoms with Gasteiger partial charge in [-0.1, -0.05) is 59.8 Å². The Morgan fingerprint density at radius 3 is 2.54 bits per heavy atom. The first kappa shape index (κ1) is 24.4. The lowest BCUT2D eigenvalue weighted by molar-refractivity contribution is -0.120. The molecule has 1 atom stereocenters. The summed E-state index contributed by atoms with van der Waals surface area (Å²) in [5.74, 6) is -0.0755. The van der Waals surface area contributed by atoms with Gasteiger partial charge in [0.25, 0.3) is 5.91 Å². The molecule has 1 amide bonds. The summed E-state index contributed by atoms with van der Waals surface area (Å²) < 4.78 is 15.6. The van der Waals surface area contributed by atoms with Crippen molar-refractivity contribution in [3.8, 4) is 5.69 Å². The molecule has 2 N–H and O–H groups in total. The van der Waals surface area contributed by atoms with Gasteiger partial charge in [-0.2, -0.15) is 5.10 Å². The van der Waals surface area contributed by atoms with Crippen LogP contribution in [0.15, 0.2) is 89.1 Å². The number of nitrogens with one attached hydrogen (secondary N) is 2. The summed E-state index contributed by atoms with van der Waals surface area (Å²) in [6.07, 6.45) is 1.28. The molecule has 0 aliphatic heterocycles. The summed E-state index contributed by atoms with van der Waals surface area (Å²) in [5.41, 5.74) is 4.51. The molecule has 0 spiro atoms. The number of hydrogen-bond donors (Lipinski definition) is 2. The minimum atomic E-state index is -0.531. The molecule has 3 aromatic carbocycles. The summed E-state index contributed by atoms with van der Waals surface area (Å²) in [4.78, 5) is 12.6. The molecule has 0 aliphatic carbocycles. The molecule has 4 aromatic rings. The van der Waals surface area contributed by atoms with Crippen molar-refractivity contribution in [1.29, 1.82) is 0 Å². The van der Waals surface area contributed by atoms with Crippen LogP contribution < -0.4 is 10.7 Å². The molecular weight excluding hydrogens is 487 g/mol. The highest BCUT2D eigenvalue weighted by Gasteiger charge is 2.21. The van der Waals surface area contributed by atoms with Crippen molar-refractivity contribution in [2.24, 2.45) is 5.10 Å². The lowest BCUT2D eigenvalue weighted by Gasteiger charge is -2.13. The van der Waals surface area contributed by atoms with Crippen molar-refractivity contribution in [2.75, 3.05) is 5.32 Å². The SMILES string of the molecule is C[C@@H](Sc1nnc(CNc2ccc(Cl)cc2)n1-c1ccccc1)C(=O)N/N=C\c1ccccc1F. The quantitative estimate of drug-likeness (QED) is 0.182. The van der Waals surface area contributed by atoms with Crippen LogP contribution in [-0.2, 0) is 11.3 Å². The molecular formula is C25H22ClFN6OS. The van der Waals surface area contributed by atoms with Crippen LogP contribution in [0.4, 0.5) is 10.1 Å². The maximum absolute atomic E-state index is 13.7. The topological polar surface area (TPSA) is 84.2 Å². The highest BCUT2D eigenvalue weighted by atomic mass is 35.5. The largest absolute Gasteiger partial charge is 0.378 e. The van der Waals surface area contributed by atoms with Crippen LogP contribution in [0.5, 0.6) is 0 Å². The second kappa shape index (κ2) is 11.6. The van der Waals surface area contributed by atoms with E-state index >= 15 is 0 Å². The predicted octanol–water partition coefficient (Wildman–Crippen LogP) is 5.30. The van der Waals surface area contributed by atoms with E-state index in [4.69, 9.17) is 11.6 Å². The molecule has 7 nitrogen and oxygen atoms in total. The standard InChI is InChI=1S/C25H22ClFN6OS/c1-17(24(34)31-29-15-18-7-5-6-10-22(18)27)35-25-32-30-23(33(25)21-8-3-2-4-9-21)16-28-20-13-11-19(26)12-14-20/h2-15,17,28H,16H2,1H3,(H,31,34)/b29-15-/t17-/m1/s1. The maximum Gasteiger partial charge on any atom is 0.253 e. The van der Waals surface area contributed by atoms with Gasteiger partial charge >= 0.3 is 0 Å². The van der Waals surface area contributed by atoms with Crippen molar-refractivity contribution >= 4 is 41.2 Å². The van der Waals surface area contributed by atoms with E-state index in [2.05, 4.69) is 26.0 Å². The number of amides is 1. The van der Waals surface area contributed by atoms with Crippen LogP contribution in [0.25, 0.3) is 5.69 Å². The Kier molecular flexibility index (Phi) is 8.12. The number of carbonyl (C=O) groups is 1. The first-order valence-electron chi connectivity index (χ1n) is 10.7. The molecule has 1 aromatic heterocycles. The van der Waals surface area contributed by atoms with E-state index in [0.717, 1.165) is 11.4 Å². The number of thioether (sulfide) groups is 1. The van der Waals surface area contributed by atoms with E-state index in [-0.39, 0.29) is 11.5 Å². The van der Waals surface area contributed by atoms with Gasteiger partial charge in [0.1, 0.15) is 5.82 Å². The fraction of sp³-hybridized carbons (Fsp3) is 0.120. The predicted molar refractivity (Wildman–Crippen MR) is 138 cm³/mol. The van der Waals surface area contributed by atoms with Crippen LogP contribution in [0.1, 0.15) is 18.3 Å². The van der Waals surface area contributed by atoms with E-state index in [1.165, 1.54) is 24.0 Å². The van der Waals surface area contributed by atoms with Gasteiger partial charge in [0.15, 0.2) is 11.0 Å². The van der Waals surface area contributed by atoms with E-state index in [0.29, 0.717) is 22.5 Å². The number of para-hydroxylation sites is 1. The number of rotatable bonds is 9. The smallest absolute Gasteiger partial charge is 0.253 e. The number of aromatic nitrogens is 3. The molecule has 0 bridgehead atoms. The van der Waals surface area contributed by atoms with Crippen molar-refractivity contribution in [3.05, 3.63) is 101 Å². The Labute approximate surface area is 211 Å². The minimum Gasteiger partial charge on any atom is -0.378 e. The monoisotopic (exact) mass is 508 g/mol. The second-order valence-corrected chi connectivity index (χ2v) is 9.19. The maximum atomic E-state index is 13.7. The van der Waals surface area contributed by atoms with Crippen LogP contribution in [0, 0.1) is 5.82 Å². The Balaban J connectivity index is 1.47. The van der Waals surface area contributed by atoms with Gasteiger partial charge in [-0.3, -0.25) is 9.36 Å². The molecule has 4 rings (SSSR count). The average molecular weight is 509 g/mol. The molecule has 0 fully saturated rings. The van der Waals surface area contributed by atoms with Crippen LogP contribution >= 0.6 is 23.4 Å². The van der Waals surface area contributed by atoms with Crippen molar-refractivity contribution in [2.45, 2.75) is 23.9 Å². The van der Waals surface area contributed by atoms with Crippen molar-refractivity contribution < 1.29 is 9.18 Å². The fourth-order valence-electron chi connectivity index (χ4n) is 3.12. The number of hydrazone groups is 1. The van der Waals surface area contributed by atoms with Gasteiger partial charge in [0.05, 0.1) is 18.0 Å². The van der Waals surface area contributed by atoms with E-state index in [9.17, 15) is 9.18 Å². The summed E-state index contributed by atoms with van der Waals surface area (Å²) in [6, 6.07) is 23.2. The van der Waals surface area contributed by atoms with Crippen molar-refractivity contribution in [3.63, 3.8) is 0 Å². The highest BCUT2D eigenvalue weighted by molar-refractivity contribution is 8.00. The molecule has 0 saturated carbocycles. The third kappa shape index (κ3) is 6.46. The molecule has 1 heterocycles. The van der Waals surface area contributed by atoms with Crippen molar-refractivity contribution in [1.82, 2.24) is 20.2 Å². The van der Waals surface area contributed by atoms with Crippen LogP contribution in [0.2, 0.25) is 5.02 Å². The third-order valence-electron chi connectivity index (χ3n) is 4.94. The Morgan fingerprint density at radius 2 is 1.80 bits per heavy atom. The van der Waals surface area contributed by atoms with Gasteiger partial charge in [0, 0.05) is 22.0 Å². The number of anilines is 1. The Hall–Kier alpha value is -3.69. The summed E-state index contributed by atoms with van der Waals surface area (Å²) in [6.45, 7) is 2.16. The van der Waals surface area contributed by atoms with Gasteiger partial charge < -0.3 is 5.32 Å². The molecule has 0 radical (unpaired) electrons. The van der Waals surface area contributed by atoms with E-state index in [1.54, 1.807) is 25.1 Å². The van der Waals surface area contributed by atoms with Gasteiger partial charge in [-0.05, 0) is 49.4 Å². The second-order valence-electron chi connectivity index (χ2n) is 7.45. The van der Waals surface area contributed by atoms with Gasteiger partial charge in [-0.25, -0.2) is 9.82 Å². The van der Waals surface area contributed by atoms with Gasteiger partial charge in [-0.15, -0.1) is 10.2 Å². The lowest BCUT2D eigenvalue weighted by Crippen LogP contribution is -2.27. The minimum absolute atomic E-state index is 0.287. The Bertz CT molecular complexity index is 1310. The molecule has 35 heavy (non-hydrogen) atoms. The molecule has 0 saturated heterocycles. The zero-order chi connectivity index (χ0) is 24.6. The number of hydrogen-bond acceptors (Lipinski definition) is 6. The van der Waals surface area contributed by atoms with E-state index in [1.807, 2.05) is 59.2 Å². The molecule has 0 unspecified atom stereocenters. The highest BCUT2D eigenvalue weighted by Crippen LogP contribution is 2.26. The third-order valence-corrected chi connectivity index (χ3v) is 6.24. The fourth-order valence-corrected chi connectivity index (χ4v) is 4.13. The van der Waals surface area contributed by atoms with Crippen LogP contribution in [-0.4, -0.2) is 32.1 Å². The number of carbonyl (C=O) groups excluding carboxylic acids is 1. The number of halogens is 2. The summed E-state index contributed by atoms with van der Waals surface area (Å²) >= 11 is 7.22. The number of nitrogens with zero attached hydrogens (tertiary/aromatic N) is 4. The summed E-state index contributed by atoms with van der Waals surface area (Å²) in [7, 11) is 0. The molecule has 10 heteroatoms. The zero-order valence-electron chi connectivity index (χ0n) is 18.7. The first-order chi connectivity index (χ1) is 17.0. The van der Waals surface area contributed by atoms with E-state index < -0.39 is 11.1 Å². The average Bonchev–Trinajstić information content (AvgIpc) is 3.27. The molecule has 0 aliphatic rings. The van der Waals surface area contributed by atoms with Gasteiger partial charge in [0.2, 0.25) is 0 Å². The summed E-state index contributed by atoms with van der Waals surface area (Å²) in [5, 5.41) is 16.6.